The molecular weight excluding hydrogens is 234 g/mol. The average molecular weight is 255 g/mol. The first-order chi connectivity index (χ1) is 8.67. The molecule has 102 valence electrons. The normalized spacial score (nSPS) is 31.4. The third-order valence-corrected chi connectivity index (χ3v) is 4.28. The van der Waals surface area contributed by atoms with E-state index in [0.717, 1.165) is 12.8 Å². The molecule has 0 aromatic carbocycles. The number of esters is 1. The highest BCUT2D eigenvalue weighted by atomic mass is 16.5. The maximum absolute atomic E-state index is 11.8. The van der Waals surface area contributed by atoms with Crippen LogP contribution in [-0.4, -0.2) is 43.8 Å². The molecule has 0 aromatic rings. The molecule has 2 aliphatic rings. The van der Waals surface area contributed by atoms with Crippen LogP contribution in [0.1, 0.15) is 32.1 Å². The molecule has 5 nitrogen and oxygen atoms in total. The molecule has 0 aromatic heterocycles. The van der Waals surface area contributed by atoms with Crippen LogP contribution >= 0.6 is 0 Å². The quantitative estimate of drug-likeness (QED) is 0.670. The zero-order chi connectivity index (χ0) is 13.1. The smallest absolute Gasteiger partial charge is 0.410 e. The number of hydrogen-bond donors (Lipinski definition) is 0. The van der Waals surface area contributed by atoms with Crippen molar-refractivity contribution in [3.8, 4) is 0 Å². The van der Waals surface area contributed by atoms with E-state index in [2.05, 4.69) is 0 Å². The molecule has 3 atom stereocenters. The van der Waals surface area contributed by atoms with Crippen LogP contribution in [0.4, 0.5) is 4.79 Å². The molecule has 0 N–H and O–H groups in total. The second kappa shape index (κ2) is 5.59. The molecule has 5 heteroatoms. The summed E-state index contributed by atoms with van der Waals surface area (Å²) in [6.45, 7) is 0.622. The molecule has 1 aliphatic carbocycles. The summed E-state index contributed by atoms with van der Waals surface area (Å²) in [6, 6.07) is -0.471. The van der Waals surface area contributed by atoms with Crippen molar-refractivity contribution < 1.29 is 19.1 Å². The number of amides is 1. The van der Waals surface area contributed by atoms with Crippen LogP contribution in [0, 0.1) is 11.8 Å². The number of piperidine rings is 1. The zero-order valence-corrected chi connectivity index (χ0v) is 11.1. The van der Waals surface area contributed by atoms with Crippen LogP contribution in [0.3, 0.4) is 0 Å². The minimum absolute atomic E-state index is 0.329. The van der Waals surface area contributed by atoms with Crippen molar-refractivity contribution in [3.05, 3.63) is 0 Å². The van der Waals surface area contributed by atoms with Gasteiger partial charge in [0.15, 0.2) is 0 Å². The van der Waals surface area contributed by atoms with E-state index in [1.165, 1.54) is 27.1 Å². The van der Waals surface area contributed by atoms with Crippen molar-refractivity contribution in [1.82, 2.24) is 4.90 Å². The van der Waals surface area contributed by atoms with Crippen molar-refractivity contribution in [1.29, 1.82) is 0 Å². The SMILES string of the molecule is COC(=O)C1CC2CCCCC2CN1C(=O)OC. The lowest BCUT2D eigenvalue weighted by Gasteiger charge is -2.44. The Bertz CT molecular complexity index is 299. The Balaban J connectivity index is 2.13. The molecule has 3 unspecified atom stereocenters. The molecule has 0 radical (unpaired) electrons. The molecule has 1 aliphatic heterocycles. The number of likely N-dealkylation sites (tertiary alicyclic amines) is 1. The van der Waals surface area contributed by atoms with E-state index in [-0.39, 0.29) is 5.97 Å². The first-order valence-electron chi connectivity index (χ1n) is 6.59. The fourth-order valence-electron chi connectivity index (χ4n) is 3.31. The van der Waals surface area contributed by atoms with E-state index in [1.54, 1.807) is 4.90 Å². The van der Waals surface area contributed by atoms with Gasteiger partial charge in [0.25, 0.3) is 0 Å². The second-order valence-corrected chi connectivity index (χ2v) is 5.20. The average Bonchev–Trinajstić information content (AvgIpc) is 2.44. The van der Waals surface area contributed by atoms with E-state index in [9.17, 15) is 9.59 Å². The molecule has 2 rings (SSSR count). The second-order valence-electron chi connectivity index (χ2n) is 5.20. The van der Waals surface area contributed by atoms with E-state index in [1.807, 2.05) is 0 Å². The molecule has 1 saturated heterocycles. The lowest BCUT2D eigenvalue weighted by Crippen LogP contribution is -2.54. The molecule has 0 bridgehead atoms. The Labute approximate surface area is 107 Å². The fraction of sp³-hybridized carbons (Fsp3) is 0.846. The lowest BCUT2D eigenvalue weighted by atomic mass is 9.73. The summed E-state index contributed by atoms with van der Waals surface area (Å²) in [7, 11) is 2.72. The Hall–Kier alpha value is -1.26. The largest absolute Gasteiger partial charge is 0.467 e. The Kier molecular flexibility index (Phi) is 4.09. The number of ether oxygens (including phenoxy) is 2. The minimum Gasteiger partial charge on any atom is -0.467 e. The zero-order valence-electron chi connectivity index (χ0n) is 11.1. The maximum Gasteiger partial charge on any atom is 0.410 e. The van der Waals surface area contributed by atoms with E-state index in [0.29, 0.717) is 24.8 Å². The first kappa shape index (κ1) is 13.2. The minimum atomic E-state index is -0.471. The van der Waals surface area contributed by atoms with Crippen LogP contribution in [0.2, 0.25) is 0 Å². The van der Waals surface area contributed by atoms with Gasteiger partial charge in [-0.05, 0) is 24.7 Å². The standard InChI is InChI=1S/C13H21NO4/c1-17-12(15)11-7-9-5-3-4-6-10(9)8-14(11)13(16)18-2/h9-11H,3-8H2,1-2H3. The number of rotatable bonds is 1. The Morgan fingerprint density at radius 1 is 1.06 bits per heavy atom. The summed E-state index contributed by atoms with van der Waals surface area (Å²) in [5.74, 6) is 0.729. The molecule has 1 amide bonds. The summed E-state index contributed by atoms with van der Waals surface area (Å²) >= 11 is 0. The molecular formula is C13H21NO4. The summed E-state index contributed by atoms with van der Waals surface area (Å²) in [5.41, 5.74) is 0. The number of carbonyl (C=O) groups is 2. The predicted molar refractivity (Wildman–Crippen MR) is 65.0 cm³/mol. The first-order valence-corrected chi connectivity index (χ1v) is 6.59. The van der Waals surface area contributed by atoms with Gasteiger partial charge in [-0.2, -0.15) is 0 Å². The third kappa shape index (κ3) is 2.44. The number of fused-ring (bicyclic) bond motifs is 1. The van der Waals surface area contributed by atoms with E-state index in [4.69, 9.17) is 9.47 Å². The van der Waals surface area contributed by atoms with Gasteiger partial charge in [0.1, 0.15) is 6.04 Å². The predicted octanol–water partition coefficient (Wildman–Crippen LogP) is 1.81. The van der Waals surface area contributed by atoms with Gasteiger partial charge in [-0.15, -0.1) is 0 Å². The van der Waals surface area contributed by atoms with Gasteiger partial charge in [0, 0.05) is 6.54 Å². The highest BCUT2D eigenvalue weighted by Crippen LogP contribution is 2.38. The number of methoxy groups -OCH3 is 2. The van der Waals surface area contributed by atoms with Gasteiger partial charge in [0.05, 0.1) is 14.2 Å². The van der Waals surface area contributed by atoms with Crippen LogP contribution in [0.5, 0.6) is 0 Å². The number of hydrogen-bond acceptors (Lipinski definition) is 4. The fourth-order valence-corrected chi connectivity index (χ4v) is 3.31. The van der Waals surface area contributed by atoms with Crippen molar-refractivity contribution >= 4 is 12.1 Å². The van der Waals surface area contributed by atoms with E-state index >= 15 is 0 Å². The third-order valence-electron chi connectivity index (χ3n) is 4.28. The summed E-state index contributed by atoms with van der Waals surface area (Å²) < 4.78 is 9.58. The lowest BCUT2D eigenvalue weighted by molar-refractivity contribution is -0.149. The summed E-state index contributed by atoms with van der Waals surface area (Å²) in [4.78, 5) is 25.1. The van der Waals surface area contributed by atoms with Gasteiger partial charge >= 0.3 is 12.1 Å². The monoisotopic (exact) mass is 255 g/mol. The van der Waals surface area contributed by atoms with E-state index < -0.39 is 12.1 Å². The molecule has 0 spiro atoms. The van der Waals surface area contributed by atoms with Gasteiger partial charge in [0.2, 0.25) is 0 Å². The maximum atomic E-state index is 11.8. The van der Waals surface area contributed by atoms with Crippen molar-refractivity contribution in [2.75, 3.05) is 20.8 Å². The van der Waals surface area contributed by atoms with Crippen LogP contribution in [-0.2, 0) is 14.3 Å². The topological polar surface area (TPSA) is 55.8 Å². The highest BCUT2D eigenvalue weighted by Gasteiger charge is 2.42. The Morgan fingerprint density at radius 2 is 1.72 bits per heavy atom. The van der Waals surface area contributed by atoms with Gasteiger partial charge in [-0.1, -0.05) is 19.3 Å². The molecule has 2 fully saturated rings. The van der Waals surface area contributed by atoms with Crippen molar-refractivity contribution in [3.63, 3.8) is 0 Å². The number of nitrogens with zero attached hydrogens (tertiary/aromatic N) is 1. The van der Waals surface area contributed by atoms with Gasteiger partial charge < -0.3 is 9.47 Å². The highest BCUT2D eigenvalue weighted by molar-refractivity contribution is 5.81. The van der Waals surface area contributed by atoms with Crippen LogP contribution < -0.4 is 0 Å². The summed E-state index contributed by atoms with van der Waals surface area (Å²) in [6.07, 6.45) is 5.05. The number of carbonyl (C=O) groups excluding carboxylic acids is 2. The van der Waals surface area contributed by atoms with Crippen LogP contribution in [0.25, 0.3) is 0 Å². The van der Waals surface area contributed by atoms with Gasteiger partial charge in [-0.25, -0.2) is 9.59 Å². The molecule has 1 heterocycles. The van der Waals surface area contributed by atoms with Gasteiger partial charge in [-0.3, -0.25) is 4.90 Å². The Morgan fingerprint density at radius 3 is 2.33 bits per heavy atom. The van der Waals surface area contributed by atoms with Crippen LogP contribution in [0.15, 0.2) is 0 Å². The summed E-state index contributed by atoms with van der Waals surface area (Å²) in [5, 5.41) is 0. The molecule has 18 heavy (non-hydrogen) atoms. The van der Waals surface area contributed by atoms with Crippen molar-refractivity contribution in [2.24, 2.45) is 11.8 Å². The molecule has 1 saturated carbocycles. The van der Waals surface area contributed by atoms with Crippen molar-refractivity contribution in [2.45, 2.75) is 38.1 Å².